The maximum Gasteiger partial charge on any atom is 0.380 e. The van der Waals surface area contributed by atoms with Gasteiger partial charge in [0.15, 0.2) is 5.58 Å². The van der Waals surface area contributed by atoms with E-state index in [2.05, 4.69) is 4.98 Å². The minimum Gasteiger partial charge on any atom is -0.448 e. The van der Waals surface area contributed by atoms with Gasteiger partial charge in [0.2, 0.25) is 5.58 Å². The van der Waals surface area contributed by atoms with Crippen LogP contribution in [0.3, 0.4) is 0 Å². The van der Waals surface area contributed by atoms with Crippen molar-refractivity contribution in [1.82, 2.24) is 4.98 Å². The van der Waals surface area contributed by atoms with Crippen LogP contribution in [0.15, 0.2) is 60.9 Å². The Kier molecular flexibility index (Phi) is 2.38. The zero-order valence-electron chi connectivity index (χ0n) is 12.7. The Balaban J connectivity index is 2.21. The highest BCUT2D eigenvalue weighted by Gasteiger charge is 2.19. The van der Waals surface area contributed by atoms with Gasteiger partial charge in [0, 0.05) is 10.8 Å². The molecule has 0 atom stereocenters. The van der Waals surface area contributed by atoms with Crippen molar-refractivity contribution in [2.45, 2.75) is 6.92 Å². The molecule has 3 heterocycles. The predicted octanol–water partition coefficient (Wildman–Crippen LogP) is 3.84. The number of fused-ring (bicyclic) bond motifs is 7. The molecular weight excluding hydrogens is 306 g/mol. The Morgan fingerprint density at radius 2 is 1.71 bits per heavy atom. The summed E-state index contributed by atoms with van der Waals surface area (Å²) in [6, 6.07) is 12.9. The van der Waals surface area contributed by atoms with E-state index in [1.54, 1.807) is 6.07 Å². The number of furan rings is 1. The van der Waals surface area contributed by atoms with Crippen LogP contribution in [-0.2, 0) is 0 Å². The SMILES string of the molecule is Cc1ccc2[nH]c(=O)c3c(oc(=O)c4oc5ccccc5c43)c2c1. The van der Waals surface area contributed by atoms with Gasteiger partial charge >= 0.3 is 5.63 Å². The van der Waals surface area contributed by atoms with E-state index in [1.807, 2.05) is 43.3 Å². The van der Waals surface area contributed by atoms with Crippen LogP contribution in [0.25, 0.3) is 43.8 Å². The van der Waals surface area contributed by atoms with E-state index in [-0.39, 0.29) is 11.1 Å². The minimum absolute atomic E-state index is 0.0706. The van der Waals surface area contributed by atoms with Gasteiger partial charge in [0.05, 0.1) is 16.3 Å². The van der Waals surface area contributed by atoms with E-state index in [4.69, 9.17) is 8.83 Å². The van der Waals surface area contributed by atoms with E-state index in [0.29, 0.717) is 32.8 Å². The van der Waals surface area contributed by atoms with Crippen molar-refractivity contribution < 1.29 is 8.83 Å². The van der Waals surface area contributed by atoms with Crippen molar-refractivity contribution in [3.63, 3.8) is 0 Å². The highest BCUT2D eigenvalue weighted by atomic mass is 16.4. The molecule has 0 bridgehead atoms. The molecule has 0 spiro atoms. The fourth-order valence-electron chi connectivity index (χ4n) is 3.29. The monoisotopic (exact) mass is 317 g/mol. The Labute approximate surface area is 134 Å². The van der Waals surface area contributed by atoms with Gasteiger partial charge < -0.3 is 13.8 Å². The molecule has 3 aromatic heterocycles. The molecule has 0 radical (unpaired) electrons. The molecule has 5 aromatic rings. The summed E-state index contributed by atoms with van der Waals surface area (Å²) < 4.78 is 11.1. The lowest BCUT2D eigenvalue weighted by atomic mass is 10.1. The van der Waals surface area contributed by atoms with E-state index >= 15 is 0 Å². The number of benzene rings is 2. The van der Waals surface area contributed by atoms with Crippen LogP contribution in [0.5, 0.6) is 0 Å². The van der Waals surface area contributed by atoms with Crippen molar-refractivity contribution >= 4 is 43.8 Å². The van der Waals surface area contributed by atoms with Gasteiger partial charge in [-0.15, -0.1) is 0 Å². The van der Waals surface area contributed by atoms with Crippen molar-refractivity contribution in [1.29, 1.82) is 0 Å². The third-order valence-corrected chi connectivity index (χ3v) is 4.35. The summed E-state index contributed by atoms with van der Waals surface area (Å²) in [6.45, 7) is 1.94. The second-order valence-corrected chi connectivity index (χ2v) is 5.90. The van der Waals surface area contributed by atoms with Gasteiger partial charge in [-0.25, -0.2) is 4.79 Å². The molecule has 0 aliphatic heterocycles. The summed E-state index contributed by atoms with van der Waals surface area (Å²) in [4.78, 5) is 28.0. The topological polar surface area (TPSA) is 76.2 Å². The number of hydrogen-bond acceptors (Lipinski definition) is 4. The normalized spacial score (nSPS) is 11.9. The summed E-state index contributed by atoms with van der Waals surface area (Å²) in [6.07, 6.45) is 0. The molecule has 116 valence electrons. The Morgan fingerprint density at radius 3 is 2.58 bits per heavy atom. The summed E-state index contributed by atoms with van der Waals surface area (Å²) in [5.74, 6) is 0. The third-order valence-electron chi connectivity index (χ3n) is 4.35. The highest BCUT2D eigenvalue weighted by Crippen LogP contribution is 2.33. The van der Waals surface area contributed by atoms with E-state index in [1.165, 1.54) is 0 Å². The molecule has 0 unspecified atom stereocenters. The highest BCUT2D eigenvalue weighted by molar-refractivity contribution is 6.20. The smallest absolute Gasteiger partial charge is 0.380 e. The first-order valence-electron chi connectivity index (χ1n) is 7.54. The lowest BCUT2D eigenvalue weighted by molar-refractivity contribution is 0.546. The summed E-state index contributed by atoms with van der Waals surface area (Å²) in [5, 5.41) is 2.27. The van der Waals surface area contributed by atoms with E-state index < -0.39 is 5.63 Å². The number of hydrogen-bond donors (Lipinski definition) is 1. The van der Waals surface area contributed by atoms with Crippen molar-refractivity contribution in [2.75, 3.05) is 0 Å². The number of H-pyrrole nitrogens is 1. The standard InChI is InChI=1S/C19H11NO4/c1-9-6-7-12-11(8-9)16-15(18(21)20-12)14-10-4-2-3-5-13(10)23-17(14)19(22)24-16/h2-8H,1H3,(H,20,21). The van der Waals surface area contributed by atoms with Crippen LogP contribution >= 0.6 is 0 Å². The van der Waals surface area contributed by atoms with Gasteiger partial charge in [0.1, 0.15) is 5.58 Å². The maximum atomic E-state index is 12.7. The number of pyridine rings is 1. The molecule has 1 N–H and O–H groups in total. The quantitative estimate of drug-likeness (QED) is 0.440. The molecule has 0 saturated carbocycles. The average Bonchev–Trinajstić information content (AvgIpc) is 2.96. The first kappa shape index (κ1) is 13.1. The summed E-state index contributed by atoms with van der Waals surface area (Å²) in [7, 11) is 0. The van der Waals surface area contributed by atoms with Gasteiger partial charge in [-0.2, -0.15) is 0 Å². The minimum atomic E-state index is -0.581. The van der Waals surface area contributed by atoms with E-state index in [9.17, 15) is 9.59 Å². The number of nitrogens with one attached hydrogen (secondary N) is 1. The molecule has 2 aromatic carbocycles. The van der Waals surface area contributed by atoms with Crippen LogP contribution in [0.4, 0.5) is 0 Å². The van der Waals surface area contributed by atoms with Crippen LogP contribution in [0.1, 0.15) is 5.56 Å². The largest absolute Gasteiger partial charge is 0.448 e. The van der Waals surface area contributed by atoms with Gasteiger partial charge in [0.25, 0.3) is 5.56 Å². The Bertz CT molecular complexity index is 1400. The molecule has 5 rings (SSSR count). The number of rotatable bonds is 0. The molecular formula is C19H11NO4. The maximum absolute atomic E-state index is 12.7. The molecule has 5 heteroatoms. The molecule has 0 amide bonds. The number of aromatic nitrogens is 1. The van der Waals surface area contributed by atoms with Crippen LogP contribution in [0.2, 0.25) is 0 Å². The van der Waals surface area contributed by atoms with E-state index in [0.717, 1.165) is 10.9 Å². The number of para-hydroxylation sites is 1. The second kappa shape index (κ2) is 4.35. The van der Waals surface area contributed by atoms with Crippen molar-refractivity contribution in [3.8, 4) is 0 Å². The lowest BCUT2D eigenvalue weighted by Crippen LogP contribution is -2.10. The van der Waals surface area contributed by atoms with Gasteiger partial charge in [-0.1, -0.05) is 29.8 Å². The fourth-order valence-corrected chi connectivity index (χ4v) is 3.29. The second-order valence-electron chi connectivity index (χ2n) is 5.90. The zero-order chi connectivity index (χ0) is 16.4. The molecule has 0 saturated heterocycles. The average molecular weight is 317 g/mol. The third kappa shape index (κ3) is 1.58. The molecule has 0 aliphatic carbocycles. The van der Waals surface area contributed by atoms with Crippen LogP contribution < -0.4 is 11.2 Å². The summed E-state index contributed by atoms with van der Waals surface area (Å²) >= 11 is 0. The predicted molar refractivity (Wildman–Crippen MR) is 92.6 cm³/mol. The lowest BCUT2D eigenvalue weighted by Gasteiger charge is -2.04. The van der Waals surface area contributed by atoms with Gasteiger partial charge in [-0.3, -0.25) is 4.79 Å². The molecule has 0 fully saturated rings. The number of aromatic amines is 1. The summed E-state index contributed by atoms with van der Waals surface area (Å²) in [5.41, 5.74) is 1.67. The molecule has 24 heavy (non-hydrogen) atoms. The zero-order valence-corrected chi connectivity index (χ0v) is 12.7. The Hall–Kier alpha value is -3.34. The fraction of sp³-hybridized carbons (Fsp3) is 0.0526. The van der Waals surface area contributed by atoms with Crippen LogP contribution in [-0.4, -0.2) is 4.98 Å². The van der Waals surface area contributed by atoms with Crippen molar-refractivity contribution in [2.24, 2.45) is 0 Å². The van der Waals surface area contributed by atoms with Crippen molar-refractivity contribution in [3.05, 3.63) is 68.8 Å². The first-order chi connectivity index (χ1) is 11.6. The number of aryl methyl sites for hydroxylation is 1. The molecule has 5 nitrogen and oxygen atoms in total. The van der Waals surface area contributed by atoms with Crippen LogP contribution in [0, 0.1) is 6.92 Å². The van der Waals surface area contributed by atoms with Gasteiger partial charge in [-0.05, 0) is 25.1 Å². The molecule has 0 aliphatic rings. The first-order valence-corrected chi connectivity index (χ1v) is 7.54. The Morgan fingerprint density at radius 1 is 0.875 bits per heavy atom.